The SMILES string of the molecule is CCCCCCCCCCCCCCCC(=O)OC[C@H](COP(=O)(O)OC[C@H](O)COP(=O)(O)OC[C@@H](COC(=O)CCCCCCCCCCCCCCCCC(C)C)OC(=O)CCCCCCCCCCCCCCCCCCCCC(C)CC)OC(=O)CCCCCCCCCCCCCCC(C)C. The van der Waals surface area contributed by atoms with Crippen LogP contribution in [-0.4, -0.2) is 96.7 Å². The number of esters is 4. The van der Waals surface area contributed by atoms with Crippen molar-refractivity contribution in [2.75, 3.05) is 39.6 Å². The molecule has 0 aromatic rings. The molecular formula is C88H172O17P2. The number of carbonyl (C=O) groups excluding carboxylic acids is 4. The molecule has 0 fully saturated rings. The van der Waals surface area contributed by atoms with Crippen LogP contribution >= 0.6 is 15.6 Å². The number of phosphoric acid groups is 2. The van der Waals surface area contributed by atoms with E-state index in [1.54, 1.807) is 0 Å². The summed E-state index contributed by atoms with van der Waals surface area (Å²) in [5, 5.41) is 10.7. The fraction of sp³-hybridized carbons (Fsp3) is 0.955. The molecule has 17 nitrogen and oxygen atoms in total. The Morgan fingerprint density at radius 2 is 0.477 bits per heavy atom. The van der Waals surface area contributed by atoms with E-state index in [9.17, 15) is 43.2 Å². The van der Waals surface area contributed by atoms with Crippen LogP contribution in [-0.2, 0) is 65.4 Å². The number of aliphatic hydroxyl groups is 1. The van der Waals surface area contributed by atoms with Gasteiger partial charge in [0.05, 0.1) is 26.4 Å². The molecule has 0 saturated carbocycles. The Hall–Kier alpha value is -1.94. The molecule has 0 spiro atoms. The molecule has 0 aromatic heterocycles. The summed E-state index contributed by atoms with van der Waals surface area (Å²) in [6.45, 7) is 12.1. The Kier molecular flexibility index (Phi) is 76.6. The number of hydrogen-bond donors (Lipinski definition) is 3. The van der Waals surface area contributed by atoms with Gasteiger partial charge in [0.15, 0.2) is 12.2 Å². The maximum atomic E-state index is 13.2. The number of unbranched alkanes of at least 4 members (excludes halogenated alkanes) is 53. The molecule has 0 aromatic carbocycles. The highest BCUT2D eigenvalue weighted by Crippen LogP contribution is 2.45. The third kappa shape index (κ3) is 80.5. The van der Waals surface area contributed by atoms with Crippen molar-refractivity contribution in [2.45, 2.75) is 484 Å². The van der Waals surface area contributed by atoms with Gasteiger partial charge in [-0.25, -0.2) is 9.13 Å². The summed E-state index contributed by atoms with van der Waals surface area (Å²) >= 11 is 0. The Bertz CT molecular complexity index is 2060. The van der Waals surface area contributed by atoms with Crippen molar-refractivity contribution in [1.29, 1.82) is 0 Å². The molecule has 0 aliphatic carbocycles. The van der Waals surface area contributed by atoms with E-state index in [0.29, 0.717) is 25.7 Å². The number of rotatable bonds is 86. The Labute approximate surface area is 658 Å². The minimum atomic E-state index is -4.97. The number of carbonyl (C=O) groups is 4. The van der Waals surface area contributed by atoms with Crippen molar-refractivity contribution < 1.29 is 80.2 Å². The molecule has 3 N–H and O–H groups in total. The lowest BCUT2D eigenvalue weighted by Crippen LogP contribution is -2.30. The fourth-order valence-electron chi connectivity index (χ4n) is 13.7. The predicted octanol–water partition coefficient (Wildman–Crippen LogP) is 26.9. The molecule has 0 amide bonds. The average molecular weight is 1560 g/mol. The van der Waals surface area contributed by atoms with Gasteiger partial charge in [0.2, 0.25) is 0 Å². The van der Waals surface area contributed by atoms with E-state index in [4.69, 9.17) is 37.0 Å². The van der Waals surface area contributed by atoms with Gasteiger partial charge in [0, 0.05) is 25.7 Å². The minimum Gasteiger partial charge on any atom is -0.462 e. The summed E-state index contributed by atoms with van der Waals surface area (Å²) < 4.78 is 69.0. The topological polar surface area (TPSA) is 237 Å². The van der Waals surface area contributed by atoms with Gasteiger partial charge in [-0.15, -0.1) is 0 Å². The van der Waals surface area contributed by atoms with E-state index in [1.807, 2.05) is 0 Å². The molecule has 636 valence electrons. The van der Waals surface area contributed by atoms with Crippen molar-refractivity contribution in [2.24, 2.45) is 17.8 Å². The lowest BCUT2D eigenvalue weighted by molar-refractivity contribution is -0.161. The van der Waals surface area contributed by atoms with Crippen molar-refractivity contribution >= 4 is 39.5 Å². The molecule has 0 aliphatic heterocycles. The molecule has 0 heterocycles. The quantitative estimate of drug-likeness (QED) is 0.0222. The highest BCUT2D eigenvalue weighted by Gasteiger charge is 2.31. The monoisotopic (exact) mass is 1560 g/mol. The third-order valence-corrected chi connectivity index (χ3v) is 22.9. The van der Waals surface area contributed by atoms with Crippen LogP contribution in [0, 0.1) is 17.8 Å². The summed E-state index contributed by atoms with van der Waals surface area (Å²) in [6.07, 6.45) is 69.3. The molecule has 0 saturated heterocycles. The third-order valence-electron chi connectivity index (χ3n) is 21.0. The van der Waals surface area contributed by atoms with Crippen LogP contribution in [0.15, 0.2) is 0 Å². The summed E-state index contributed by atoms with van der Waals surface area (Å²) in [5.41, 5.74) is 0. The molecule has 0 bridgehead atoms. The maximum absolute atomic E-state index is 13.2. The van der Waals surface area contributed by atoms with Crippen LogP contribution in [0.1, 0.15) is 466 Å². The van der Waals surface area contributed by atoms with E-state index >= 15 is 0 Å². The zero-order chi connectivity index (χ0) is 78.6. The van der Waals surface area contributed by atoms with E-state index in [0.717, 1.165) is 108 Å². The van der Waals surface area contributed by atoms with Crippen molar-refractivity contribution in [3.05, 3.63) is 0 Å². The number of ether oxygens (including phenoxy) is 4. The first-order chi connectivity index (χ1) is 51.8. The first kappa shape index (κ1) is 105. The largest absolute Gasteiger partial charge is 0.472 e. The number of phosphoric ester groups is 2. The fourth-order valence-corrected chi connectivity index (χ4v) is 15.3. The van der Waals surface area contributed by atoms with Gasteiger partial charge in [-0.1, -0.05) is 414 Å². The first-order valence-corrected chi connectivity index (χ1v) is 48.4. The van der Waals surface area contributed by atoms with Crippen LogP contribution in [0.5, 0.6) is 0 Å². The number of hydrogen-bond acceptors (Lipinski definition) is 15. The van der Waals surface area contributed by atoms with Gasteiger partial charge < -0.3 is 33.8 Å². The second-order valence-electron chi connectivity index (χ2n) is 32.8. The average Bonchev–Trinajstić information content (AvgIpc) is 0.902. The normalized spacial score (nSPS) is 14.1. The minimum absolute atomic E-state index is 0.107. The second-order valence-corrected chi connectivity index (χ2v) is 35.7. The smallest absolute Gasteiger partial charge is 0.462 e. The van der Waals surface area contributed by atoms with E-state index in [2.05, 4.69) is 48.5 Å². The van der Waals surface area contributed by atoms with Crippen molar-refractivity contribution in [3.8, 4) is 0 Å². The lowest BCUT2D eigenvalue weighted by atomic mass is 9.99. The molecule has 0 aliphatic rings. The van der Waals surface area contributed by atoms with Crippen molar-refractivity contribution in [1.82, 2.24) is 0 Å². The van der Waals surface area contributed by atoms with E-state index < -0.39 is 97.5 Å². The van der Waals surface area contributed by atoms with E-state index in [-0.39, 0.29) is 25.7 Å². The van der Waals surface area contributed by atoms with Gasteiger partial charge in [-0.3, -0.25) is 37.3 Å². The van der Waals surface area contributed by atoms with Crippen LogP contribution in [0.25, 0.3) is 0 Å². The number of aliphatic hydroxyl groups excluding tert-OH is 1. The van der Waals surface area contributed by atoms with Gasteiger partial charge in [-0.2, -0.15) is 0 Å². The molecule has 3 unspecified atom stereocenters. The Balaban J connectivity index is 5.25. The zero-order valence-corrected chi connectivity index (χ0v) is 72.4. The van der Waals surface area contributed by atoms with Gasteiger partial charge in [0.25, 0.3) is 0 Å². The highest BCUT2D eigenvalue weighted by molar-refractivity contribution is 7.47. The van der Waals surface area contributed by atoms with Crippen LogP contribution in [0.4, 0.5) is 0 Å². The van der Waals surface area contributed by atoms with Gasteiger partial charge in [0.1, 0.15) is 19.3 Å². The van der Waals surface area contributed by atoms with Crippen LogP contribution in [0.3, 0.4) is 0 Å². The summed E-state index contributed by atoms with van der Waals surface area (Å²) in [5.74, 6) is 0.347. The Morgan fingerprint density at radius 1 is 0.271 bits per heavy atom. The van der Waals surface area contributed by atoms with Crippen LogP contribution < -0.4 is 0 Å². The standard InChI is InChI=1S/C88H172O17P2/c1-8-10-11-12-13-14-15-24-34-41-48-55-62-69-85(90)98-75-84(105-88(93)72-65-58-51-44-37-30-29-32-39-46-53-60-67-80(5)6)78-103-107(96,97)101-74-82(89)73-100-106(94,95)102-77-83(76-99-86(91)70-63-56-49-42-35-27-23-22-25-31-38-45-52-59-66-79(3)4)104-87(92)71-64-57-50-43-36-28-21-19-17-16-18-20-26-33-40-47-54-61-68-81(7)9-2/h79-84,89H,8-78H2,1-7H3,(H,94,95)(H,96,97)/t81?,82-,83-,84-/m1/s1. The van der Waals surface area contributed by atoms with Crippen molar-refractivity contribution in [3.63, 3.8) is 0 Å². The zero-order valence-electron chi connectivity index (χ0n) is 70.6. The molecule has 0 radical (unpaired) electrons. The van der Waals surface area contributed by atoms with Gasteiger partial charge in [-0.05, 0) is 43.4 Å². The molecule has 6 atom stereocenters. The first-order valence-electron chi connectivity index (χ1n) is 45.4. The summed E-state index contributed by atoms with van der Waals surface area (Å²) in [7, 11) is -9.93. The summed E-state index contributed by atoms with van der Waals surface area (Å²) in [4.78, 5) is 73.3. The molecule has 0 rings (SSSR count). The van der Waals surface area contributed by atoms with Crippen LogP contribution in [0.2, 0.25) is 0 Å². The summed E-state index contributed by atoms with van der Waals surface area (Å²) in [6, 6.07) is 0. The lowest BCUT2D eigenvalue weighted by Gasteiger charge is -2.21. The Morgan fingerprint density at radius 3 is 0.710 bits per heavy atom. The molecule has 19 heteroatoms. The maximum Gasteiger partial charge on any atom is 0.472 e. The van der Waals surface area contributed by atoms with E-state index in [1.165, 1.54) is 276 Å². The molecule has 107 heavy (non-hydrogen) atoms. The van der Waals surface area contributed by atoms with Gasteiger partial charge >= 0.3 is 39.5 Å². The second kappa shape index (κ2) is 78.0. The molecular weight excluding hydrogens is 1390 g/mol. The highest BCUT2D eigenvalue weighted by atomic mass is 31.2. The predicted molar refractivity (Wildman–Crippen MR) is 441 cm³/mol.